The molecular formula is C18H26BrF2NO3. The second-order valence-corrected chi connectivity index (χ2v) is 7.52. The van der Waals surface area contributed by atoms with Gasteiger partial charge in [-0.05, 0) is 38.8 Å². The Balaban J connectivity index is 1.67. The van der Waals surface area contributed by atoms with Crippen molar-refractivity contribution in [3.05, 3.63) is 28.2 Å². The summed E-state index contributed by atoms with van der Waals surface area (Å²) in [7, 11) is 0. The van der Waals surface area contributed by atoms with E-state index >= 15 is 0 Å². The van der Waals surface area contributed by atoms with E-state index in [1.54, 1.807) is 0 Å². The van der Waals surface area contributed by atoms with Crippen LogP contribution in [0.15, 0.2) is 16.6 Å². The Labute approximate surface area is 156 Å². The molecule has 0 amide bonds. The molecule has 142 valence electrons. The molecular weight excluding hydrogens is 396 g/mol. The smallest absolute Gasteiger partial charge is 0.190 e. The SMILES string of the molecule is CC1CCCC(C)N1CC(O)COCCOc1c(F)cc(Br)cc1F. The van der Waals surface area contributed by atoms with Gasteiger partial charge in [-0.15, -0.1) is 0 Å². The van der Waals surface area contributed by atoms with E-state index in [0.717, 1.165) is 25.0 Å². The Morgan fingerprint density at radius 1 is 1.20 bits per heavy atom. The van der Waals surface area contributed by atoms with Gasteiger partial charge in [0.25, 0.3) is 0 Å². The van der Waals surface area contributed by atoms with Crippen LogP contribution in [0.1, 0.15) is 33.1 Å². The number of piperidine rings is 1. The number of rotatable bonds is 8. The van der Waals surface area contributed by atoms with Gasteiger partial charge in [0, 0.05) is 23.1 Å². The molecule has 3 unspecified atom stereocenters. The molecule has 1 aromatic carbocycles. The molecule has 1 aromatic rings. The van der Waals surface area contributed by atoms with Crippen LogP contribution in [0, 0.1) is 11.6 Å². The normalized spacial score (nSPS) is 22.8. The Hall–Kier alpha value is -0.760. The van der Waals surface area contributed by atoms with Gasteiger partial charge in [0.05, 0.1) is 19.3 Å². The highest BCUT2D eigenvalue weighted by atomic mass is 79.9. The Morgan fingerprint density at radius 2 is 1.80 bits per heavy atom. The fourth-order valence-corrected chi connectivity index (χ4v) is 3.62. The summed E-state index contributed by atoms with van der Waals surface area (Å²) < 4.78 is 38.0. The summed E-state index contributed by atoms with van der Waals surface area (Å²) in [6.07, 6.45) is 2.93. The van der Waals surface area contributed by atoms with Crippen molar-refractivity contribution < 1.29 is 23.4 Å². The van der Waals surface area contributed by atoms with Crippen molar-refractivity contribution in [2.24, 2.45) is 0 Å². The van der Waals surface area contributed by atoms with Crippen LogP contribution in [0.2, 0.25) is 0 Å². The highest BCUT2D eigenvalue weighted by molar-refractivity contribution is 9.10. The lowest BCUT2D eigenvalue weighted by Crippen LogP contribution is -2.48. The van der Waals surface area contributed by atoms with Gasteiger partial charge in [-0.1, -0.05) is 22.4 Å². The van der Waals surface area contributed by atoms with E-state index in [9.17, 15) is 13.9 Å². The zero-order chi connectivity index (χ0) is 18.4. The van der Waals surface area contributed by atoms with E-state index in [2.05, 4.69) is 34.7 Å². The van der Waals surface area contributed by atoms with Crippen molar-refractivity contribution >= 4 is 15.9 Å². The summed E-state index contributed by atoms with van der Waals surface area (Å²) in [4.78, 5) is 2.31. The predicted molar refractivity (Wildman–Crippen MR) is 95.9 cm³/mol. The molecule has 0 saturated carbocycles. The summed E-state index contributed by atoms with van der Waals surface area (Å²) in [5.41, 5.74) is 0. The monoisotopic (exact) mass is 421 g/mol. The first-order chi connectivity index (χ1) is 11.9. The molecule has 0 spiro atoms. The topological polar surface area (TPSA) is 41.9 Å². The van der Waals surface area contributed by atoms with E-state index in [0.29, 0.717) is 23.1 Å². The zero-order valence-corrected chi connectivity index (χ0v) is 16.3. The number of halogens is 3. The lowest BCUT2D eigenvalue weighted by atomic mass is 9.97. The maximum absolute atomic E-state index is 13.6. The molecule has 1 heterocycles. The van der Waals surface area contributed by atoms with E-state index in [4.69, 9.17) is 9.47 Å². The Kier molecular flexibility index (Phi) is 8.06. The highest BCUT2D eigenvalue weighted by Gasteiger charge is 2.26. The van der Waals surface area contributed by atoms with Gasteiger partial charge in [0.2, 0.25) is 0 Å². The Morgan fingerprint density at radius 3 is 2.40 bits per heavy atom. The molecule has 1 aliphatic rings. The largest absolute Gasteiger partial charge is 0.485 e. The molecule has 1 N–H and O–H groups in total. The standard InChI is InChI=1S/C18H26BrF2NO3/c1-12-4-3-5-13(2)22(12)10-15(23)11-24-6-7-25-18-16(20)8-14(19)9-17(18)21/h8-9,12-13,15,23H,3-7,10-11H2,1-2H3. The number of aliphatic hydroxyl groups excluding tert-OH is 1. The minimum absolute atomic E-state index is 0.0126. The summed E-state index contributed by atoms with van der Waals surface area (Å²) in [6, 6.07) is 3.21. The van der Waals surface area contributed by atoms with E-state index in [1.165, 1.54) is 6.42 Å². The molecule has 7 heteroatoms. The van der Waals surface area contributed by atoms with Crippen LogP contribution in [0.3, 0.4) is 0 Å². The van der Waals surface area contributed by atoms with Crippen LogP contribution < -0.4 is 4.74 Å². The number of likely N-dealkylation sites (tertiary alicyclic amines) is 1. The second-order valence-electron chi connectivity index (χ2n) is 6.60. The highest BCUT2D eigenvalue weighted by Crippen LogP contribution is 2.26. The minimum Gasteiger partial charge on any atom is -0.485 e. The van der Waals surface area contributed by atoms with Crippen LogP contribution in [0.5, 0.6) is 5.75 Å². The van der Waals surface area contributed by atoms with Crippen molar-refractivity contribution in [2.45, 2.75) is 51.3 Å². The molecule has 25 heavy (non-hydrogen) atoms. The van der Waals surface area contributed by atoms with Gasteiger partial charge in [0.15, 0.2) is 17.4 Å². The van der Waals surface area contributed by atoms with Crippen LogP contribution in [0.25, 0.3) is 0 Å². The molecule has 1 aliphatic heterocycles. The second kappa shape index (κ2) is 9.80. The van der Waals surface area contributed by atoms with Crippen molar-refractivity contribution in [1.82, 2.24) is 4.90 Å². The number of hydrogen-bond donors (Lipinski definition) is 1. The molecule has 2 rings (SSSR count). The Bertz CT molecular complexity index is 528. The van der Waals surface area contributed by atoms with E-state index < -0.39 is 23.5 Å². The first kappa shape index (κ1) is 20.6. The van der Waals surface area contributed by atoms with E-state index in [-0.39, 0.29) is 19.8 Å². The lowest BCUT2D eigenvalue weighted by molar-refractivity contribution is -0.0144. The van der Waals surface area contributed by atoms with Gasteiger partial charge < -0.3 is 14.6 Å². The number of ether oxygens (including phenoxy) is 2. The first-order valence-corrected chi connectivity index (χ1v) is 9.46. The summed E-state index contributed by atoms with van der Waals surface area (Å²) in [5.74, 6) is -1.94. The van der Waals surface area contributed by atoms with Gasteiger partial charge in [-0.25, -0.2) is 8.78 Å². The molecule has 3 atom stereocenters. The maximum atomic E-state index is 13.6. The zero-order valence-electron chi connectivity index (χ0n) is 14.7. The molecule has 0 aliphatic carbocycles. The van der Waals surface area contributed by atoms with E-state index in [1.807, 2.05) is 0 Å². The van der Waals surface area contributed by atoms with Crippen LogP contribution in [-0.2, 0) is 4.74 Å². The van der Waals surface area contributed by atoms with Crippen molar-refractivity contribution in [3.63, 3.8) is 0 Å². The third-order valence-electron chi connectivity index (χ3n) is 4.55. The summed E-state index contributed by atoms with van der Waals surface area (Å²) in [6.45, 7) is 5.26. The number of nitrogens with zero attached hydrogens (tertiary/aromatic N) is 1. The predicted octanol–water partition coefficient (Wildman–Crippen LogP) is 3.75. The summed E-state index contributed by atoms with van der Waals surface area (Å²) in [5, 5.41) is 10.1. The first-order valence-electron chi connectivity index (χ1n) is 8.67. The fraction of sp³-hybridized carbons (Fsp3) is 0.667. The molecule has 0 aromatic heterocycles. The van der Waals surface area contributed by atoms with Crippen molar-refractivity contribution in [2.75, 3.05) is 26.4 Å². The van der Waals surface area contributed by atoms with Crippen LogP contribution in [-0.4, -0.2) is 54.6 Å². The lowest BCUT2D eigenvalue weighted by Gasteiger charge is -2.40. The number of hydrogen-bond acceptors (Lipinski definition) is 4. The maximum Gasteiger partial charge on any atom is 0.190 e. The van der Waals surface area contributed by atoms with Crippen molar-refractivity contribution in [3.8, 4) is 5.75 Å². The van der Waals surface area contributed by atoms with Gasteiger partial charge in [-0.3, -0.25) is 4.90 Å². The third kappa shape index (κ3) is 6.16. The average Bonchev–Trinajstić information content (AvgIpc) is 2.53. The minimum atomic E-state index is -0.764. The third-order valence-corrected chi connectivity index (χ3v) is 5.00. The van der Waals surface area contributed by atoms with Gasteiger partial charge in [-0.2, -0.15) is 0 Å². The van der Waals surface area contributed by atoms with Crippen LogP contribution in [0.4, 0.5) is 8.78 Å². The number of aliphatic hydroxyl groups is 1. The number of benzene rings is 1. The van der Waals surface area contributed by atoms with Gasteiger partial charge in [0.1, 0.15) is 6.61 Å². The number of β-amino-alcohol motifs (C(OH)–C–C–N with tert-alkyl or cyclic N) is 1. The molecule has 4 nitrogen and oxygen atoms in total. The van der Waals surface area contributed by atoms with Crippen LogP contribution >= 0.6 is 15.9 Å². The molecule has 0 radical (unpaired) electrons. The quantitative estimate of drug-likeness (QED) is 0.649. The summed E-state index contributed by atoms with van der Waals surface area (Å²) >= 11 is 3.01. The average molecular weight is 422 g/mol. The van der Waals surface area contributed by atoms with Crippen molar-refractivity contribution in [1.29, 1.82) is 0 Å². The molecule has 0 bridgehead atoms. The molecule has 1 saturated heterocycles. The van der Waals surface area contributed by atoms with Gasteiger partial charge >= 0.3 is 0 Å². The molecule has 1 fully saturated rings. The fourth-order valence-electron chi connectivity index (χ4n) is 3.22.